The van der Waals surface area contributed by atoms with E-state index in [0.29, 0.717) is 40.2 Å². The molecule has 160 valence electrons. The summed E-state index contributed by atoms with van der Waals surface area (Å²) in [6.07, 6.45) is 1.44. The molecule has 9 heteroatoms. The zero-order valence-electron chi connectivity index (χ0n) is 17.7. The maximum absolute atomic E-state index is 13.5. The molecular formula is C22H23N5O4. The number of benzene rings is 2. The van der Waals surface area contributed by atoms with Crippen molar-refractivity contribution in [1.82, 2.24) is 14.8 Å². The molecule has 1 aliphatic rings. The zero-order valence-corrected chi connectivity index (χ0v) is 17.7. The largest absolute Gasteiger partial charge is 0.497 e. The summed E-state index contributed by atoms with van der Waals surface area (Å²) >= 11 is 0. The number of fused-ring (bicyclic) bond motifs is 1. The van der Waals surface area contributed by atoms with Crippen molar-refractivity contribution in [2.24, 2.45) is 0 Å². The van der Waals surface area contributed by atoms with E-state index in [0.717, 1.165) is 5.56 Å². The van der Waals surface area contributed by atoms with E-state index in [1.54, 1.807) is 50.3 Å². The lowest BCUT2D eigenvalue weighted by atomic mass is 9.94. The van der Waals surface area contributed by atoms with Gasteiger partial charge in [0.2, 0.25) is 5.95 Å². The number of hydrogen-bond donors (Lipinski definition) is 2. The third kappa shape index (κ3) is 3.65. The summed E-state index contributed by atoms with van der Waals surface area (Å²) in [5.74, 6) is 2.03. The molecule has 4 rings (SSSR count). The summed E-state index contributed by atoms with van der Waals surface area (Å²) in [7, 11) is 4.73. The fourth-order valence-corrected chi connectivity index (χ4v) is 3.66. The van der Waals surface area contributed by atoms with Gasteiger partial charge in [-0.25, -0.2) is 4.68 Å². The van der Waals surface area contributed by atoms with E-state index in [2.05, 4.69) is 20.7 Å². The van der Waals surface area contributed by atoms with Crippen LogP contribution in [0.4, 0.5) is 11.6 Å². The molecule has 0 aliphatic carbocycles. The van der Waals surface area contributed by atoms with E-state index in [-0.39, 0.29) is 5.91 Å². The standard InChI is InChI=1S/C22H23N5O4/c1-13-19(21(28)26-16-7-5-6-8-18(16)31-4)20(27-22(25-13)23-12-24-27)15-11-14(29-2)9-10-17(15)30-3/h5-12,20H,1-4H3,(H,26,28)(H,23,24,25)/t20-/m0/s1. The number of aromatic nitrogens is 3. The Kier molecular flexibility index (Phi) is 5.48. The van der Waals surface area contributed by atoms with Crippen molar-refractivity contribution >= 4 is 17.5 Å². The van der Waals surface area contributed by atoms with Gasteiger partial charge in [-0.05, 0) is 37.3 Å². The van der Waals surface area contributed by atoms with Gasteiger partial charge in [-0.3, -0.25) is 4.79 Å². The molecule has 0 saturated heterocycles. The number of para-hydroxylation sites is 2. The smallest absolute Gasteiger partial charge is 0.255 e. The predicted molar refractivity (Wildman–Crippen MR) is 116 cm³/mol. The van der Waals surface area contributed by atoms with Gasteiger partial charge in [0.1, 0.15) is 29.6 Å². The van der Waals surface area contributed by atoms with Crippen LogP contribution in [-0.2, 0) is 4.79 Å². The average Bonchev–Trinajstić information content (AvgIpc) is 3.26. The Hall–Kier alpha value is -4.01. The second-order valence-corrected chi connectivity index (χ2v) is 6.86. The van der Waals surface area contributed by atoms with Crippen LogP contribution in [0.15, 0.2) is 60.1 Å². The van der Waals surface area contributed by atoms with Crippen molar-refractivity contribution in [2.75, 3.05) is 32.0 Å². The van der Waals surface area contributed by atoms with Gasteiger partial charge in [0.25, 0.3) is 5.91 Å². The van der Waals surface area contributed by atoms with Gasteiger partial charge in [0.05, 0.1) is 32.6 Å². The van der Waals surface area contributed by atoms with Crippen LogP contribution >= 0.6 is 0 Å². The monoisotopic (exact) mass is 421 g/mol. The minimum absolute atomic E-state index is 0.300. The van der Waals surface area contributed by atoms with E-state index in [1.165, 1.54) is 6.33 Å². The van der Waals surface area contributed by atoms with Crippen molar-refractivity contribution < 1.29 is 19.0 Å². The first kappa shape index (κ1) is 20.3. The van der Waals surface area contributed by atoms with Gasteiger partial charge in [0, 0.05) is 11.3 Å². The molecule has 1 amide bonds. The van der Waals surface area contributed by atoms with Gasteiger partial charge in [-0.2, -0.15) is 10.1 Å². The third-order valence-corrected chi connectivity index (χ3v) is 5.13. The summed E-state index contributed by atoms with van der Waals surface area (Å²) in [5.41, 5.74) is 2.41. The van der Waals surface area contributed by atoms with E-state index in [1.807, 2.05) is 25.1 Å². The van der Waals surface area contributed by atoms with Crippen molar-refractivity contribution in [3.8, 4) is 17.2 Å². The van der Waals surface area contributed by atoms with Crippen LogP contribution in [0.3, 0.4) is 0 Å². The molecule has 9 nitrogen and oxygen atoms in total. The van der Waals surface area contributed by atoms with E-state index < -0.39 is 6.04 Å². The number of allylic oxidation sites excluding steroid dienone is 1. The highest BCUT2D eigenvalue weighted by atomic mass is 16.5. The van der Waals surface area contributed by atoms with Gasteiger partial charge < -0.3 is 24.8 Å². The third-order valence-electron chi connectivity index (χ3n) is 5.13. The van der Waals surface area contributed by atoms with Gasteiger partial charge in [-0.1, -0.05) is 12.1 Å². The summed E-state index contributed by atoms with van der Waals surface area (Å²) in [6.45, 7) is 1.83. The van der Waals surface area contributed by atoms with Crippen LogP contribution in [0.25, 0.3) is 0 Å². The second-order valence-electron chi connectivity index (χ2n) is 6.86. The zero-order chi connectivity index (χ0) is 22.0. The number of anilines is 2. The van der Waals surface area contributed by atoms with Crippen LogP contribution in [0.1, 0.15) is 18.5 Å². The lowest BCUT2D eigenvalue weighted by Crippen LogP contribution is -2.31. The molecule has 0 saturated carbocycles. The van der Waals surface area contributed by atoms with Crippen LogP contribution in [0.5, 0.6) is 17.2 Å². The van der Waals surface area contributed by atoms with Crippen molar-refractivity contribution in [2.45, 2.75) is 13.0 Å². The Morgan fingerprint density at radius 3 is 2.58 bits per heavy atom. The SMILES string of the molecule is COc1ccc(OC)c([C@H]2C(C(=O)Nc3ccccc3OC)=C(C)Nc3ncnn32)c1. The van der Waals surface area contributed by atoms with Crippen LogP contribution in [-0.4, -0.2) is 42.0 Å². The summed E-state index contributed by atoms with van der Waals surface area (Å²) in [6, 6.07) is 12.1. The molecular weight excluding hydrogens is 398 g/mol. The highest BCUT2D eigenvalue weighted by molar-refractivity contribution is 6.06. The van der Waals surface area contributed by atoms with Gasteiger partial charge in [-0.15, -0.1) is 0 Å². The average molecular weight is 421 g/mol. The molecule has 0 radical (unpaired) electrons. The molecule has 3 aromatic rings. The number of methoxy groups -OCH3 is 3. The first-order chi connectivity index (χ1) is 15.1. The Morgan fingerprint density at radius 1 is 1.06 bits per heavy atom. The maximum atomic E-state index is 13.5. The number of carbonyl (C=O) groups is 1. The fourth-order valence-electron chi connectivity index (χ4n) is 3.66. The molecule has 0 fully saturated rings. The van der Waals surface area contributed by atoms with E-state index in [9.17, 15) is 4.79 Å². The quantitative estimate of drug-likeness (QED) is 0.630. The second kappa shape index (κ2) is 8.39. The lowest BCUT2D eigenvalue weighted by Gasteiger charge is -2.29. The summed E-state index contributed by atoms with van der Waals surface area (Å²) in [5, 5.41) is 10.5. The normalized spacial score (nSPS) is 15.0. The minimum Gasteiger partial charge on any atom is -0.497 e. The number of nitrogens with zero attached hydrogens (tertiary/aromatic N) is 3. The highest BCUT2D eigenvalue weighted by Gasteiger charge is 2.35. The Labute approximate surface area is 179 Å². The molecule has 31 heavy (non-hydrogen) atoms. The summed E-state index contributed by atoms with van der Waals surface area (Å²) < 4.78 is 18.0. The fraction of sp³-hybridized carbons (Fsp3) is 0.227. The number of nitrogens with one attached hydrogen (secondary N) is 2. The first-order valence-corrected chi connectivity index (χ1v) is 9.61. The number of rotatable bonds is 6. The Bertz CT molecular complexity index is 1150. The van der Waals surface area contributed by atoms with Gasteiger partial charge in [0.15, 0.2) is 0 Å². The molecule has 1 atom stereocenters. The topological polar surface area (TPSA) is 99.5 Å². The Balaban J connectivity index is 1.83. The number of hydrogen-bond acceptors (Lipinski definition) is 7. The van der Waals surface area contributed by atoms with Crippen LogP contribution in [0.2, 0.25) is 0 Å². The molecule has 0 unspecified atom stereocenters. The molecule has 0 spiro atoms. The number of carbonyl (C=O) groups excluding carboxylic acids is 1. The van der Waals surface area contributed by atoms with Crippen molar-refractivity contribution in [3.63, 3.8) is 0 Å². The molecule has 2 aromatic carbocycles. The number of amides is 1. The minimum atomic E-state index is -0.585. The lowest BCUT2D eigenvalue weighted by molar-refractivity contribution is -0.113. The summed E-state index contributed by atoms with van der Waals surface area (Å²) in [4.78, 5) is 17.8. The molecule has 2 N–H and O–H groups in total. The molecule has 1 aliphatic heterocycles. The van der Waals surface area contributed by atoms with Crippen LogP contribution < -0.4 is 24.8 Å². The maximum Gasteiger partial charge on any atom is 0.255 e. The number of ether oxygens (including phenoxy) is 3. The Morgan fingerprint density at radius 2 is 1.84 bits per heavy atom. The van der Waals surface area contributed by atoms with Crippen molar-refractivity contribution in [3.05, 3.63) is 65.6 Å². The highest BCUT2D eigenvalue weighted by Crippen LogP contribution is 2.40. The molecule has 0 bridgehead atoms. The van der Waals surface area contributed by atoms with Crippen LogP contribution in [0, 0.1) is 0 Å². The first-order valence-electron chi connectivity index (χ1n) is 9.61. The molecule has 2 heterocycles. The van der Waals surface area contributed by atoms with E-state index >= 15 is 0 Å². The van der Waals surface area contributed by atoms with Gasteiger partial charge >= 0.3 is 0 Å². The molecule has 1 aromatic heterocycles. The predicted octanol–water partition coefficient (Wildman–Crippen LogP) is 3.23. The van der Waals surface area contributed by atoms with E-state index in [4.69, 9.17) is 14.2 Å². The van der Waals surface area contributed by atoms with Crippen molar-refractivity contribution in [1.29, 1.82) is 0 Å².